The number of carbonyl (C=O) groups excluding carboxylic acids is 1. The van der Waals surface area contributed by atoms with Crippen molar-refractivity contribution in [3.63, 3.8) is 0 Å². The Morgan fingerprint density at radius 1 is 1.44 bits per heavy atom. The largest absolute Gasteiger partial charge is 0.345 e. The Morgan fingerprint density at radius 2 is 2.19 bits per heavy atom. The molecule has 1 aromatic heterocycles. The average Bonchev–Trinajstić information content (AvgIpc) is 2.69. The van der Waals surface area contributed by atoms with Crippen molar-refractivity contribution in [2.75, 3.05) is 20.4 Å². The Kier molecular flexibility index (Phi) is 2.87. The Morgan fingerprint density at radius 3 is 2.81 bits per heavy atom. The molecule has 0 aliphatic heterocycles. The molecule has 0 fully saturated rings. The van der Waals surface area contributed by atoms with Crippen molar-refractivity contribution in [1.29, 1.82) is 0 Å². The summed E-state index contributed by atoms with van der Waals surface area (Å²) in [5.74, 6) is 0.00204. The molecule has 0 aliphatic rings. The molecule has 0 saturated heterocycles. The van der Waals surface area contributed by atoms with E-state index >= 15 is 0 Å². The predicted octanol–water partition coefficient (Wildman–Crippen LogP) is 1.99. The highest BCUT2D eigenvalue weighted by Crippen LogP contribution is 2.18. The quantitative estimate of drug-likeness (QED) is 0.810. The molecule has 1 aromatic carbocycles. The maximum Gasteiger partial charge on any atom is 0.253 e. The first-order chi connectivity index (χ1) is 7.61. The number of hydrogen-bond acceptors (Lipinski definition) is 3. The van der Waals surface area contributed by atoms with Crippen LogP contribution in [0, 0.1) is 0 Å². The Labute approximate surface area is 98.0 Å². The number of hydrogen-bond donors (Lipinski definition) is 1. The fraction of sp³-hybridized carbons (Fsp3) is 0.273. The molecule has 0 atom stereocenters. The standard InChI is InChI=1S/C11H13N3OS/c1-14(2)10(15)7-4-5-8-9(6-7)13-11(12-8)16-3/h4-6H,1-3H3,(H,12,13). The molecule has 0 bridgehead atoms. The van der Waals surface area contributed by atoms with Gasteiger partial charge in [-0.2, -0.15) is 0 Å². The third-order valence-electron chi connectivity index (χ3n) is 2.31. The van der Waals surface area contributed by atoms with Crippen LogP contribution in [0.5, 0.6) is 0 Å². The number of benzene rings is 1. The van der Waals surface area contributed by atoms with Crippen LogP contribution >= 0.6 is 11.8 Å². The molecule has 1 heterocycles. The summed E-state index contributed by atoms with van der Waals surface area (Å²) in [6, 6.07) is 5.50. The van der Waals surface area contributed by atoms with Crippen molar-refractivity contribution in [3.05, 3.63) is 23.8 Å². The number of fused-ring (bicyclic) bond motifs is 1. The molecule has 2 aromatic rings. The molecule has 0 spiro atoms. The zero-order chi connectivity index (χ0) is 11.7. The summed E-state index contributed by atoms with van der Waals surface area (Å²) < 4.78 is 0. The van der Waals surface area contributed by atoms with Crippen molar-refractivity contribution >= 4 is 28.7 Å². The molecule has 0 unspecified atom stereocenters. The molecule has 2 rings (SSSR count). The number of aromatic nitrogens is 2. The van der Waals surface area contributed by atoms with E-state index in [0.29, 0.717) is 5.56 Å². The van der Waals surface area contributed by atoms with Gasteiger partial charge >= 0.3 is 0 Å². The van der Waals surface area contributed by atoms with Crippen molar-refractivity contribution in [3.8, 4) is 0 Å². The summed E-state index contributed by atoms with van der Waals surface area (Å²) in [5, 5.41) is 0.865. The summed E-state index contributed by atoms with van der Waals surface area (Å²) in [7, 11) is 3.49. The van der Waals surface area contributed by atoms with Crippen molar-refractivity contribution in [2.45, 2.75) is 5.16 Å². The summed E-state index contributed by atoms with van der Waals surface area (Å²) in [6.45, 7) is 0. The molecule has 5 heteroatoms. The lowest BCUT2D eigenvalue weighted by molar-refractivity contribution is 0.0828. The van der Waals surface area contributed by atoms with Gasteiger partial charge in [-0.1, -0.05) is 11.8 Å². The van der Waals surface area contributed by atoms with E-state index in [1.54, 1.807) is 36.8 Å². The first-order valence-electron chi connectivity index (χ1n) is 4.87. The normalized spacial score (nSPS) is 10.7. The van der Waals surface area contributed by atoms with Crippen LogP contribution in [-0.2, 0) is 0 Å². The van der Waals surface area contributed by atoms with Crippen LogP contribution in [0.3, 0.4) is 0 Å². The smallest absolute Gasteiger partial charge is 0.253 e. The summed E-state index contributed by atoms with van der Waals surface area (Å²) in [5.41, 5.74) is 2.46. The lowest BCUT2D eigenvalue weighted by atomic mass is 10.2. The van der Waals surface area contributed by atoms with Gasteiger partial charge in [-0.3, -0.25) is 4.79 Å². The van der Waals surface area contributed by atoms with Crippen LogP contribution in [0.4, 0.5) is 0 Å². The molecule has 0 aliphatic carbocycles. The number of aromatic amines is 1. The second-order valence-electron chi connectivity index (χ2n) is 3.68. The summed E-state index contributed by atoms with van der Waals surface area (Å²) in [6.07, 6.45) is 1.96. The summed E-state index contributed by atoms with van der Waals surface area (Å²) >= 11 is 1.55. The molecule has 1 amide bonds. The number of rotatable bonds is 2. The van der Waals surface area contributed by atoms with Crippen LogP contribution in [-0.4, -0.2) is 41.1 Å². The molecule has 1 N–H and O–H groups in total. The van der Waals surface area contributed by atoms with Gasteiger partial charge in [0.1, 0.15) is 0 Å². The Bertz CT molecular complexity index is 533. The van der Waals surface area contributed by atoms with Gasteiger partial charge in [0.2, 0.25) is 0 Å². The van der Waals surface area contributed by atoms with Gasteiger partial charge in [-0.15, -0.1) is 0 Å². The first-order valence-corrected chi connectivity index (χ1v) is 6.09. The minimum Gasteiger partial charge on any atom is -0.345 e. The fourth-order valence-electron chi connectivity index (χ4n) is 1.47. The lowest BCUT2D eigenvalue weighted by Crippen LogP contribution is -2.21. The molecule has 84 valence electrons. The van der Waals surface area contributed by atoms with Crippen LogP contribution in [0.25, 0.3) is 11.0 Å². The van der Waals surface area contributed by atoms with E-state index in [4.69, 9.17) is 0 Å². The number of amides is 1. The minimum atomic E-state index is 0.00204. The first kappa shape index (κ1) is 11.0. The number of imidazole rings is 1. The Balaban J connectivity index is 2.47. The summed E-state index contributed by atoms with van der Waals surface area (Å²) in [4.78, 5) is 20.8. The van der Waals surface area contributed by atoms with Crippen molar-refractivity contribution in [1.82, 2.24) is 14.9 Å². The van der Waals surface area contributed by atoms with E-state index in [9.17, 15) is 4.79 Å². The predicted molar refractivity (Wildman–Crippen MR) is 65.9 cm³/mol. The number of thioether (sulfide) groups is 1. The molecule has 4 nitrogen and oxygen atoms in total. The van der Waals surface area contributed by atoms with Gasteiger partial charge < -0.3 is 9.88 Å². The maximum atomic E-state index is 11.8. The minimum absolute atomic E-state index is 0.00204. The molecular formula is C11H13N3OS. The monoisotopic (exact) mass is 235 g/mol. The second kappa shape index (κ2) is 4.17. The van der Waals surface area contributed by atoms with E-state index in [0.717, 1.165) is 16.2 Å². The number of H-pyrrole nitrogens is 1. The molecule has 0 radical (unpaired) electrons. The highest BCUT2D eigenvalue weighted by atomic mass is 32.2. The Hall–Kier alpha value is -1.49. The van der Waals surface area contributed by atoms with E-state index in [2.05, 4.69) is 9.97 Å². The number of nitrogens with zero attached hydrogens (tertiary/aromatic N) is 2. The van der Waals surface area contributed by atoms with E-state index in [-0.39, 0.29) is 5.91 Å². The van der Waals surface area contributed by atoms with E-state index < -0.39 is 0 Å². The highest BCUT2D eigenvalue weighted by Gasteiger charge is 2.10. The number of carbonyl (C=O) groups is 1. The zero-order valence-corrected chi connectivity index (χ0v) is 10.3. The van der Waals surface area contributed by atoms with Gasteiger partial charge in [-0.25, -0.2) is 4.98 Å². The zero-order valence-electron chi connectivity index (χ0n) is 9.44. The third kappa shape index (κ3) is 1.90. The topological polar surface area (TPSA) is 49.0 Å². The van der Waals surface area contributed by atoms with Crippen molar-refractivity contribution < 1.29 is 4.79 Å². The van der Waals surface area contributed by atoms with Crippen LogP contribution < -0.4 is 0 Å². The van der Waals surface area contributed by atoms with Crippen LogP contribution in [0.15, 0.2) is 23.4 Å². The van der Waals surface area contributed by atoms with E-state index in [1.165, 1.54) is 0 Å². The van der Waals surface area contributed by atoms with Gasteiger partial charge in [0.05, 0.1) is 11.0 Å². The molecular weight excluding hydrogens is 222 g/mol. The second-order valence-corrected chi connectivity index (χ2v) is 4.47. The SMILES string of the molecule is CSc1nc2ccc(C(=O)N(C)C)cc2[nH]1. The highest BCUT2D eigenvalue weighted by molar-refractivity contribution is 7.98. The fourth-order valence-corrected chi connectivity index (χ4v) is 1.88. The van der Waals surface area contributed by atoms with Gasteiger partial charge in [0.15, 0.2) is 5.16 Å². The average molecular weight is 235 g/mol. The van der Waals surface area contributed by atoms with Crippen LogP contribution in [0.2, 0.25) is 0 Å². The lowest BCUT2D eigenvalue weighted by Gasteiger charge is -2.09. The van der Waals surface area contributed by atoms with Gasteiger partial charge in [0, 0.05) is 19.7 Å². The van der Waals surface area contributed by atoms with E-state index in [1.807, 2.05) is 18.4 Å². The van der Waals surface area contributed by atoms with Gasteiger partial charge in [-0.05, 0) is 24.5 Å². The molecule has 16 heavy (non-hydrogen) atoms. The van der Waals surface area contributed by atoms with Gasteiger partial charge in [0.25, 0.3) is 5.91 Å². The third-order valence-corrected chi connectivity index (χ3v) is 2.89. The molecule has 0 saturated carbocycles. The number of nitrogens with one attached hydrogen (secondary N) is 1. The van der Waals surface area contributed by atoms with Crippen LogP contribution in [0.1, 0.15) is 10.4 Å². The maximum absolute atomic E-state index is 11.8. The van der Waals surface area contributed by atoms with Crippen molar-refractivity contribution in [2.24, 2.45) is 0 Å².